The van der Waals surface area contributed by atoms with E-state index >= 15 is 0 Å². The standard InChI is InChI=1S/C17H21ClFN3O4S/c18-13-10-12(3-4-14(13)19)27(25,26)21-8-5-11(6-9-21)17(24)22-7-1-2-15(22)16(20)23/h3-4,10-11,15H,1-2,5-9H2,(H2,20,23)/t15-/m0/s1. The van der Waals surface area contributed by atoms with Crippen LogP contribution in [0.15, 0.2) is 23.1 Å². The maximum absolute atomic E-state index is 13.3. The highest BCUT2D eigenvalue weighted by atomic mass is 35.5. The molecule has 0 bridgehead atoms. The minimum absolute atomic E-state index is 0.0768. The molecule has 2 aliphatic rings. The van der Waals surface area contributed by atoms with Crippen molar-refractivity contribution >= 4 is 33.4 Å². The highest BCUT2D eigenvalue weighted by Gasteiger charge is 2.38. The van der Waals surface area contributed by atoms with Gasteiger partial charge in [-0.15, -0.1) is 0 Å². The lowest BCUT2D eigenvalue weighted by molar-refractivity contribution is -0.141. The molecular weight excluding hydrogens is 397 g/mol. The molecule has 0 aromatic heterocycles. The van der Waals surface area contributed by atoms with Crippen molar-refractivity contribution in [2.24, 2.45) is 11.7 Å². The van der Waals surface area contributed by atoms with Gasteiger partial charge in [0.1, 0.15) is 11.9 Å². The normalized spacial score (nSPS) is 22.1. The zero-order valence-corrected chi connectivity index (χ0v) is 16.2. The Morgan fingerprint density at radius 2 is 1.81 bits per heavy atom. The summed E-state index contributed by atoms with van der Waals surface area (Å²) in [6.07, 6.45) is 2.02. The van der Waals surface area contributed by atoms with Crippen molar-refractivity contribution < 1.29 is 22.4 Å². The number of primary amides is 1. The molecule has 2 N–H and O–H groups in total. The molecule has 2 heterocycles. The zero-order valence-electron chi connectivity index (χ0n) is 14.6. The molecule has 2 amide bonds. The van der Waals surface area contributed by atoms with Gasteiger partial charge < -0.3 is 10.6 Å². The van der Waals surface area contributed by atoms with Crippen LogP contribution in [0.25, 0.3) is 0 Å². The third-order valence-electron chi connectivity index (χ3n) is 5.20. The van der Waals surface area contributed by atoms with E-state index < -0.39 is 27.8 Å². The van der Waals surface area contributed by atoms with Gasteiger partial charge in [0.25, 0.3) is 0 Å². The van der Waals surface area contributed by atoms with Gasteiger partial charge in [-0.2, -0.15) is 4.31 Å². The average Bonchev–Trinajstić information content (AvgIpc) is 3.13. The van der Waals surface area contributed by atoms with Gasteiger partial charge in [0, 0.05) is 25.6 Å². The van der Waals surface area contributed by atoms with Gasteiger partial charge in [-0.3, -0.25) is 9.59 Å². The van der Waals surface area contributed by atoms with Gasteiger partial charge in [-0.1, -0.05) is 11.6 Å². The van der Waals surface area contributed by atoms with E-state index in [1.165, 1.54) is 15.3 Å². The molecule has 1 aromatic carbocycles. The van der Waals surface area contributed by atoms with E-state index in [0.29, 0.717) is 25.8 Å². The predicted molar refractivity (Wildman–Crippen MR) is 96.8 cm³/mol. The van der Waals surface area contributed by atoms with Crippen molar-refractivity contribution in [2.45, 2.75) is 36.6 Å². The minimum Gasteiger partial charge on any atom is -0.368 e. The van der Waals surface area contributed by atoms with E-state index in [2.05, 4.69) is 0 Å². The van der Waals surface area contributed by atoms with Crippen molar-refractivity contribution in [3.63, 3.8) is 0 Å². The maximum atomic E-state index is 13.3. The first-order valence-corrected chi connectivity index (χ1v) is 10.6. The van der Waals surface area contributed by atoms with E-state index in [-0.39, 0.29) is 34.8 Å². The number of hydrogen-bond donors (Lipinski definition) is 1. The molecule has 0 saturated carbocycles. The molecule has 2 fully saturated rings. The summed E-state index contributed by atoms with van der Waals surface area (Å²) in [5, 5.41) is -0.257. The number of carbonyl (C=O) groups excluding carboxylic acids is 2. The zero-order chi connectivity index (χ0) is 19.8. The summed E-state index contributed by atoms with van der Waals surface area (Å²) >= 11 is 5.69. The number of amides is 2. The lowest BCUT2D eigenvalue weighted by Gasteiger charge is -2.33. The van der Waals surface area contributed by atoms with Crippen LogP contribution in [0.2, 0.25) is 5.02 Å². The van der Waals surface area contributed by atoms with E-state index in [9.17, 15) is 22.4 Å². The second-order valence-electron chi connectivity index (χ2n) is 6.85. The second-order valence-corrected chi connectivity index (χ2v) is 9.19. The summed E-state index contributed by atoms with van der Waals surface area (Å²) in [5.74, 6) is -1.67. The summed E-state index contributed by atoms with van der Waals surface area (Å²) in [6, 6.07) is 2.71. The molecule has 7 nitrogen and oxygen atoms in total. The van der Waals surface area contributed by atoms with Crippen LogP contribution in [-0.4, -0.2) is 55.1 Å². The SMILES string of the molecule is NC(=O)[C@@H]1CCCN1C(=O)C1CCN(S(=O)(=O)c2ccc(F)c(Cl)c2)CC1. The monoisotopic (exact) mass is 417 g/mol. The van der Waals surface area contributed by atoms with Crippen LogP contribution in [0.5, 0.6) is 0 Å². The smallest absolute Gasteiger partial charge is 0.243 e. The van der Waals surface area contributed by atoms with Crippen molar-refractivity contribution in [3.05, 3.63) is 29.0 Å². The summed E-state index contributed by atoms with van der Waals surface area (Å²) in [5.41, 5.74) is 5.36. The van der Waals surface area contributed by atoms with Crippen LogP contribution >= 0.6 is 11.6 Å². The number of nitrogens with two attached hydrogens (primary N) is 1. The molecule has 10 heteroatoms. The van der Waals surface area contributed by atoms with E-state index in [0.717, 1.165) is 18.6 Å². The number of piperidine rings is 1. The number of hydrogen-bond acceptors (Lipinski definition) is 4. The summed E-state index contributed by atoms with van der Waals surface area (Å²) in [6.45, 7) is 0.838. The van der Waals surface area contributed by atoms with Crippen molar-refractivity contribution in [1.29, 1.82) is 0 Å². The molecule has 0 spiro atoms. The van der Waals surface area contributed by atoms with Gasteiger partial charge in [0.05, 0.1) is 9.92 Å². The van der Waals surface area contributed by atoms with E-state index in [1.54, 1.807) is 0 Å². The Balaban J connectivity index is 1.67. The minimum atomic E-state index is -3.81. The van der Waals surface area contributed by atoms with E-state index in [1.807, 2.05) is 0 Å². The fraction of sp³-hybridized carbons (Fsp3) is 0.529. The van der Waals surface area contributed by atoms with Crippen LogP contribution in [-0.2, 0) is 19.6 Å². The number of halogens is 2. The van der Waals surface area contributed by atoms with Crippen LogP contribution in [0.3, 0.4) is 0 Å². The lowest BCUT2D eigenvalue weighted by atomic mass is 9.96. The predicted octanol–water partition coefficient (Wildman–Crippen LogP) is 1.36. The van der Waals surface area contributed by atoms with Crippen LogP contribution in [0.1, 0.15) is 25.7 Å². The molecule has 3 rings (SSSR count). The topological polar surface area (TPSA) is 101 Å². The maximum Gasteiger partial charge on any atom is 0.243 e. The Morgan fingerprint density at radius 3 is 2.41 bits per heavy atom. The molecule has 0 unspecified atom stereocenters. The number of likely N-dealkylation sites (tertiary alicyclic amines) is 1. The number of sulfonamides is 1. The van der Waals surface area contributed by atoms with Gasteiger partial charge in [0.2, 0.25) is 21.8 Å². The van der Waals surface area contributed by atoms with Gasteiger partial charge in [-0.25, -0.2) is 12.8 Å². The first-order valence-electron chi connectivity index (χ1n) is 8.77. The second kappa shape index (κ2) is 7.73. The summed E-state index contributed by atoms with van der Waals surface area (Å²) in [7, 11) is -3.81. The molecule has 1 atom stereocenters. The van der Waals surface area contributed by atoms with Crippen molar-refractivity contribution in [3.8, 4) is 0 Å². The molecule has 0 aliphatic carbocycles. The van der Waals surface area contributed by atoms with Crippen LogP contribution in [0, 0.1) is 11.7 Å². The van der Waals surface area contributed by atoms with Gasteiger partial charge in [-0.05, 0) is 43.9 Å². The molecule has 27 heavy (non-hydrogen) atoms. The lowest BCUT2D eigenvalue weighted by Crippen LogP contribution is -2.49. The average molecular weight is 418 g/mol. The molecule has 2 saturated heterocycles. The van der Waals surface area contributed by atoms with Crippen LogP contribution < -0.4 is 5.73 Å². The third kappa shape index (κ3) is 3.95. The Labute approximate surface area is 162 Å². The highest BCUT2D eigenvalue weighted by molar-refractivity contribution is 7.89. The van der Waals surface area contributed by atoms with Crippen molar-refractivity contribution in [2.75, 3.05) is 19.6 Å². The number of nitrogens with zero attached hydrogens (tertiary/aromatic N) is 2. The third-order valence-corrected chi connectivity index (χ3v) is 7.38. The van der Waals surface area contributed by atoms with Gasteiger partial charge in [0.15, 0.2) is 0 Å². The quantitative estimate of drug-likeness (QED) is 0.799. The van der Waals surface area contributed by atoms with Crippen molar-refractivity contribution in [1.82, 2.24) is 9.21 Å². The van der Waals surface area contributed by atoms with Gasteiger partial charge >= 0.3 is 0 Å². The molecule has 1 aromatic rings. The molecule has 2 aliphatic heterocycles. The Kier molecular flexibility index (Phi) is 5.73. The van der Waals surface area contributed by atoms with Crippen LogP contribution in [0.4, 0.5) is 4.39 Å². The molecular formula is C17H21ClFN3O4S. The Morgan fingerprint density at radius 1 is 1.15 bits per heavy atom. The highest BCUT2D eigenvalue weighted by Crippen LogP contribution is 2.29. The summed E-state index contributed by atoms with van der Waals surface area (Å²) < 4.78 is 40.0. The number of carbonyl (C=O) groups is 2. The first-order chi connectivity index (χ1) is 12.7. The fourth-order valence-corrected chi connectivity index (χ4v) is 5.43. The Hall–Kier alpha value is -1.71. The molecule has 148 valence electrons. The first kappa shape index (κ1) is 20.0. The van der Waals surface area contributed by atoms with E-state index in [4.69, 9.17) is 17.3 Å². The summed E-state index contributed by atoms with van der Waals surface area (Å²) in [4.78, 5) is 25.7. The Bertz CT molecular complexity index is 856. The fourth-order valence-electron chi connectivity index (χ4n) is 3.69. The number of benzene rings is 1. The molecule has 0 radical (unpaired) electrons. The number of rotatable bonds is 4. The largest absolute Gasteiger partial charge is 0.368 e.